The molecule has 1 atom stereocenters. The third kappa shape index (κ3) is 1.74. The third-order valence-corrected chi connectivity index (χ3v) is 2.01. The van der Waals surface area contributed by atoms with E-state index in [1.54, 1.807) is 6.08 Å². The van der Waals surface area contributed by atoms with Gasteiger partial charge in [0.2, 0.25) is 0 Å². The van der Waals surface area contributed by atoms with Crippen molar-refractivity contribution < 1.29 is 14.6 Å². The van der Waals surface area contributed by atoms with Crippen LogP contribution in [0.2, 0.25) is 0 Å². The Morgan fingerprint density at radius 1 is 1.69 bits per heavy atom. The lowest BCUT2D eigenvalue weighted by Gasteiger charge is -2.13. The van der Waals surface area contributed by atoms with Crippen LogP contribution in [-0.2, 0) is 9.53 Å². The number of allylic oxidation sites excluding steroid dienone is 1. The first-order valence-corrected chi connectivity index (χ1v) is 4.31. The highest BCUT2D eigenvalue weighted by Crippen LogP contribution is 2.27. The number of ether oxygens (including phenoxy) is 1. The van der Waals surface area contributed by atoms with Gasteiger partial charge in [0.1, 0.15) is 5.76 Å². The summed E-state index contributed by atoms with van der Waals surface area (Å²) < 4.78 is 4.99. The van der Waals surface area contributed by atoms with Crippen LogP contribution in [0, 0.1) is 5.92 Å². The largest absolute Gasteiger partial charge is 0.508 e. The van der Waals surface area contributed by atoms with Gasteiger partial charge in [-0.1, -0.05) is 19.9 Å². The predicted octanol–water partition coefficient (Wildman–Crippen LogP) is 1.96. The molecule has 0 aliphatic carbocycles. The van der Waals surface area contributed by atoms with Crippen LogP contribution in [-0.4, -0.2) is 17.2 Å². The molecule has 1 aliphatic rings. The lowest BCUT2D eigenvalue weighted by molar-refractivity contribution is -0.141. The molecule has 0 saturated heterocycles. The van der Waals surface area contributed by atoms with E-state index in [0.29, 0.717) is 12.0 Å². The molecule has 1 rings (SSSR count). The van der Waals surface area contributed by atoms with E-state index in [2.05, 4.69) is 6.58 Å². The van der Waals surface area contributed by atoms with Crippen molar-refractivity contribution in [3.63, 3.8) is 0 Å². The molecule has 0 aromatic rings. The summed E-state index contributed by atoms with van der Waals surface area (Å²) in [6.45, 7) is 7.30. The number of hydrogen-bond acceptors (Lipinski definition) is 3. The van der Waals surface area contributed by atoms with E-state index in [0.717, 1.165) is 0 Å². The molecule has 0 aromatic carbocycles. The lowest BCUT2D eigenvalue weighted by Crippen LogP contribution is -2.18. The Morgan fingerprint density at radius 2 is 2.31 bits per heavy atom. The Bertz CT molecular complexity index is 263. The van der Waals surface area contributed by atoms with Crippen molar-refractivity contribution in [2.45, 2.75) is 26.4 Å². The first kappa shape index (κ1) is 9.84. The number of cyclic esters (lactones) is 1. The SMILES string of the molecule is C=CCC1=C(O)[C@H](C(C)C)OC1=O. The summed E-state index contributed by atoms with van der Waals surface area (Å²) in [5.41, 5.74) is 0.341. The van der Waals surface area contributed by atoms with Crippen LogP contribution < -0.4 is 0 Å². The highest BCUT2D eigenvalue weighted by molar-refractivity contribution is 5.92. The Hall–Kier alpha value is -1.25. The first-order chi connectivity index (χ1) is 6.07. The smallest absolute Gasteiger partial charge is 0.338 e. The van der Waals surface area contributed by atoms with Crippen LogP contribution in [0.25, 0.3) is 0 Å². The van der Waals surface area contributed by atoms with Crippen molar-refractivity contribution in [1.82, 2.24) is 0 Å². The number of rotatable bonds is 3. The maximum absolute atomic E-state index is 11.2. The predicted molar refractivity (Wildman–Crippen MR) is 49.2 cm³/mol. The number of aliphatic hydroxyl groups excluding tert-OH is 1. The molecule has 0 fully saturated rings. The molecular formula is C10H14O3. The quantitative estimate of drug-likeness (QED) is 0.536. The number of esters is 1. The molecule has 1 heterocycles. The third-order valence-electron chi connectivity index (χ3n) is 2.01. The zero-order valence-corrected chi connectivity index (χ0v) is 7.91. The minimum atomic E-state index is -0.470. The average Bonchev–Trinajstić information content (AvgIpc) is 2.32. The topological polar surface area (TPSA) is 46.5 Å². The number of hydrogen-bond donors (Lipinski definition) is 1. The summed E-state index contributed by atoms with van der Waals surface area (Å²) >= 11 is 0. The molecule has 0 saturated carbocycles. The van der Waals surface area contributed by atoms with Crippen LogP contribution in [0.1, 0.15) is 20.3 Å². The van der Waals surface area contributed by atoms with Gasteiger partial charge in [0, 0.05) is 6.42 Å². The lowest BCUT2D eigenvalue weighted by atomic mass is 10.0. The van der Waals surface area contributed by atoms with E-state index in [-0.39, 0.29) is 11.7 Å². The second-order valence-electron chi connectivity index (χ2n) is 3.43. The molecule has 13 heavy (non-hydrogen) atoms. The van der Waals surface area contributed by atoms with Gasteiger partial charge in [0.05, 0.1) is 5.57 Å². The Kier molecular flexibility index (Phi) is 2.76. The highest BCUT2D eigenvalue weighted by Gasteiger charge is 2.34. The summed E-state index contributed by atoms with van der Waals surface area (Å²) in [6.07, 6.45) is 1.48. The van der Waals surface area contributed by atoms with Gasteiger partial charge in [-0.05, 0) is 5.92 Å². The molecule has 0 unspecified atom stereocenters. The second-order valence-corrected chi connectivity index (χ2v) is 3.43. The summed E-state index contributed by atoms with van der Waals surface area (Å²) in [5.74, 6) is -0.248. The normalized spacial score (nSPS) is 22.4. The minimum absolute atomic E-state index is 0.0694. The van der Waals surface area contributed by atoms with E-state index in [9.17, 15) is 9.90 Å². The fraction of sp³-hybridized carbons (Fsp3) is 0.500. The average molecular weight is 182 g/mol. The van der Waals surface area contributed by atoms with Gasteiger partial charge in [-0.15, -0.1) is 6.58 Å². The standard InChI is InChI=1S/C10H14O3/c1-4-5-7-8(11)9(6(2)3)13-10(7)12/h4,6,9,11H,1,5H2,2-3H3/t9-/m0/s1. The summed E-state index contributed by atoms with van der Waals surface area (Å²) in [7, 11) is 0. The molecule has 0 bridgehead atoms. The van der Waals surface area contributed by atoms with Gasteiger partial charge >= 0.3 is 5.97 Å². The highest BCUT2D eigenvalue weighted by atomic mass is 16.6. The van der Waals surface area contributed by atoms with Gasteiger partial charge < -0.3 is 9.84 Å². The number of carbonyl (C=O) groups excluding carboxylic acids is 1. The monoisotopic (exact) mass is 182 g/mol. The summed E-state index contributed by atoms with van der Waals surface area (Å²) in [6, 6.07) is 0. The first-order valence-electron chi connectivity index (χ1n) is 4.31. The van der Waals surface area contributed by atoms with Crippen molar-refractivity contribution in [1.29, 1.82) is 0 Å². The fourth-order valence-corrected chi connectivity index (χ4v) is 1.30. The molecule has 0 spiro atoms. The molecule has 1 N–H and O–H groups in total. The summed E-state index contributed by atoms with van der Waals surface area (Å²) in [4.78, 5) is 11.2. The molecule has 3 nitrogen and oxygen atoms in total. The van der Waals surface area contributed by atoms with Gasteiger partial charge in [0.25, 0.3) is 0 Å². The van der Waals surface area contributed by atoms with Gasteiger partial charge in [0.15, 0.2) is 6.10 Å². The Labute approximate surface area is 77.7 Å². The Balaban J connectivity index is 2.89. The van der Waals surface area contributed by atoms with E-state index in [1.165, 1.54) is 0 Å². The van der Waals surface area contributed by atoms with Gasteiger partial charge in [-0.3, -0.25) is 0 Å². The van der Waals surface area contributed by atoms with Crippen molar-refractivity contribution in [2.24, 2.45) is 5.92 Å². The maximum atomic E-state index is 11.2. The zero-order valence-electron chi connectivity index (χ0n) is 7.91. The van der Waals surface area contributed by atoms with Crippen molar-refractivity contribution in [3.8, 4) is 0 Å². The van der Waals surface area contributed by atoms with Crippen LogP contribution >= 0.6 is 0 Å². The van der Waals surface area contributed by atoms with Crippen LogP contribution in [0.4, 0.5) is 0 Å². The number of carbonyl (C=O) groups is 1. The molecule has 1 aliphatic heterocycles. The molecule has 0 radical (unpaired) electrons. The van der Waals surface area contributed by atoms with E-state index >= 15 is 0 Å². The summed E-state index contributed by atoms with van der Waals surface area (Å²) in [5, 5.41) is 9.61. The van der Waals surface area contributed by atoms with Crippen molar-refractivity contribution in [2.75, 3.05) is 0 Å². The molecule has 0 aromatic heterocycles. The van der Waals surface area contributed by atoms with E-state index in [1.807, 2.05) is 13.8 Å². The van der Waals surface area contributed by atoms with E-state index in [4.69, 9.17) is 4.74 Å². The molecule has 0 amide bonds. The van der Waals surface area contributed by atoms with Gasteiger partial charge in [-0.25, -0.2) is 4.79 Å². The molecular weight excluding hydrogens is 168 g/mol. The van der Waals surface area contributed by atoms with E-state index < -0.39 is 12.1 Å². The number of aliphatic hydroxyl groups is 1. The van der Waals surface area contributed by atoms with Crippen LogP contribution in [0.15, 0.2) is 24.0 Å². The van der Waals surface area contributed by atoms with Gasteiger partial charge in [-0.2, -0.15) is 0 Å². The Morgan fingerprint density at radius 3 is 2.69 bits per heavy atom. The second kappa shape index (κ2) is 3.64. The van der Waals surface area contributed by atoms with Crippen LogP contribution in [0.3, 0.4) is 0 Å². The molecule has 72 valence electrons. The maximum Gasteiger partial charge on any atom is 0.338 e. The fourth-order valence-electron chi connectivity index (χ4n) is 1.30. The van der Waals surface area contributed by atoms with Crippen molar-refractivity contribution in [3.05, 3.63) is 24.0 Å². The molecule has 3 heteroatoms. The van der Waals surface area contributed by atoms with Crippen molar-refractivity contribution >= 4 is 5.97 Å². The van der Waals surface area contributed by atoms with Crippen LogP contribution in [0.5, 0.6) is 0 Å². The zero-order chi connectivity index (χ0) is 10.0. The minimum Gasteiger partial charge on any atom is -0.508 e.